The third-order valence-corrected chi connectivity index (χ3v) is 3.22. The van der Waals surface area contributed by atoms with Crippen molar-refractivity contribution in [3.8, 4) is 5.75 Å². The molecule has 9 heteroatoms. The van der Waals surface area contributed by atoms with Crippen LogP contribution < -0.4 is 4.74 Å². The normalized spacial score (nSPS) is 10.6. The van der Waals surface area contributed by atoms with Crippen molar-refractivity contribution in [2.24, 2.45) is 0 Å². The lowest BCUT2D eigenvalue weighted by Gasteiger charge is -2.08. The van der Waals surface area contributed by atoms with Crippen LogP contribution in [0, 0.1) is 10.1 Å². The van der Waals surface area contributed by atoms with Crippen LogP contribution in [0.3, 0.4) is 0 Å². The molecular weight excluding hydrogens is 330 g/mol. The maximum absolute atomic E-state index is 10.7. The van der Waals surface area contributed by atoms with Gasteiger partial charge in [0.05, 0.1) is 33.0 Å². The summed E-state index contributed by atoms with van der Waals surface area (Å²) in [7, 11) is 0. The first-order valence-corrected chi connectivity index (χ1v) is 7.70. The molecule has 1 aromatic carbocycles. The van der Waals surface area contributed by atoms with E-state index in [1.165, 1.54) is 17.0 Å². The topological polar surface area (TPSA) is 106 Å². The molecule has 0 radical (unpaired) electrons. The Labute approximate surface area is 144 Å². The molecule has 0 saturated carbocycles. The summed E-state index contributed by atoms with van der Waals surface area (Å²) in [6.07, 6.45) is 3.70. The molecule has 0 aliphatic rings. The number of nitro groups is 1. The lowest BCUT2D eigenvalue weighted by Crippen LogP contribution is -2.13. The Morgan fingerprint density at radius 3 is 2.44 bits per heavy atom. The van der Waals surface area contributed by atoms with Gasteiger partial charge in [-0.1, -0.05) is 4.98 Å². The van der Waals surface area contributed by atoms with Crippen LogP contribution in [-0.2, 0) is 16.0 Å². The summed E-state index contributed by atoms with van der Waals surface area (Å²) in [6, 6.07) is 6.81. The Kier molecular flexibility index (Phi) is 7.54. The molecule has 0 fully saturated rings. The van der Waals surface area contributed by atoms with Crippen LogP contribution in [0.25, 0.3) is 0 Å². The second kappa shape index (κ2) is 10.2. The van der Waals surface area contributed by atoms with Gasteiger partial charge in [0, 0.05) is 5.56 Å². The number of benzene rings is 1. The molecule has 0 spiro atoms. The van der Waals surface area contributed by atoms with Gasteiger partial charge in [0.25, 0.3) is 0 Å². The van der Waals surface area contributed by atoms with E-state index in [2.05, 4.69) is 4.98 Å². The van der Waals surface area contributed by atoms with Crippen LogP contribution in [0.4, 0.5) is 5.95 Å². The fourth-order valence-electron chi connectivity index (χ4n) is 1.99. The monoisotopic (exact) mass is 349 g/mol. The van der Waals surface area contributed by atoms with Crippen molar-refractivity contribution >= 4 is 12.2 Å². The Morgan fingerprint density at radius 1 is 1.08 bits per heavy atom. The Morgan fingerprint density at radius 2 is 1.76 bits per heavy atom. The third kappa shape index (κ3) is 6.32. The molecule has 0 unspecified atom stereocenters. The first-order valence-electron chi connectivity index (χ1n) is 7.70. The third-order valence-electron chi connectivity index (χ3n) is 3.22. The Hall–Kier alpha value is -2.78. The molecule has 2 aromatic rings. The zero-order valence-corrected chi connectivity index (χ0v) is 13.6. The fraction of sp³-hybridized carbons (Fsp3) is 0.375. The zero-order chi connectivity index (χ0) is 17.9. The molecule has 0 N–H and O–H groups in total. The van der Waals surface area contributed by atoms with E-state index in [-0.39, 0.29) is 5.95 Å². The Balaban J connectivity index is 1.48. The van der Waals surface area contributed by atoms with E-state index in [4.69, 9.17) is 14.2 Å². The van der Waals surface area contributed by atoms with Crippen LogP contribution in [-0.4, -0.2) is 53.8 Å². The fourth-order valence-corrected chi connectivity index (χ4v) is 1.99. The summed E-state index contributed by atoms with van der Waals surface area (Å²) < 4.78 is 17.6. The van der Waals surface area contributed by atoms with Crippen LogP contribution in [0.15, 0.2) is 36.7 Å². The minimum atomic E-state index is -0.532. The van der Waals surface area contributed by atoms with Crippen LogP contribution in [0.1, 0.15) is 10.4 Å². The number of imidazole rings is 1. The second-order valence-electron chi connectivity index (χ2n) is 4.94. The van der Waals surface area contributed by atoms with Crippen LogP contribution in [0.2, 0.25) is 0 Å². The lowest BCUT2D eigenvalue weighted by molar-refractivity contribution is -0.396. The summed E-state index contributed by atoms with van der Waals surface area (Å²) in [5.74, 6) is 0.477. The molecule has 2 rings (SSSR count). The summed E-state index contributed by atoms with van der Waals surface area (Å²) in [5, 5.41) is 10.7. The molecule has 0 aliphatic heterocycles. The maximum atomic E-state index is 10.7. The smallest absolute Gasteiger partial charge is 0.434 e. The van der Waals surface area contributed by atoms with E-state index in [0.29, 0.717) is 50.9 Å². The summed E-state index contributed by atoms with van der Waals surface area (Å²) in [6.45, 7) is 2.28. The molecule has 0 saturated heterocycles. The highest BCUT2D eigenvalue weighted by Crippen LogP contribution is 2.10. The molecule has 0 atom stereocenters. The van der Waals surface area contributed by atoms with Crippen molar-refractivity contribution < 1.29 is 23.9 Å². The first kappa shape index (κ1) is 18.6. The van der Waals surface area contributed by atoms with Gasteiger partial charge in [-0.15, -0.1) is 0 Å². The van der Waals surface area contributed by atoms with Crippen LogP contribution >= 0.6 is 0 Å². The van der Waals surface area contributed by atoms with Gasteiger partial charge >= 0.3 is 5.95 Å². The molecule has 25 heavy (non-hydrogen) atoms. The largest absolute Gasteiger partial charge is 0.491 e. The Bertz CT molecular complexity index is 671. The standard InChI is InChI=1S/C16H19N3O6/c20-13-14-1-3-15(4-2-14)25-12-11-24-10-9-23-8-7-18-6-5-17-16(18)19(21)22/h1-6,13H,7-12H2. The van der Waals surface area contributed by atoms with E-state index < -0.39 is 4.92 Å². The van der Waals surface area contributed by atoms with E-state index >= 15 is 0 Å². The molecule has 9 nitrogen and oxygen atoms in total. The second-order valence-corrected chi connectivity index (χ2v) is 4.94. The lowest BCUT2D eigenvalue weighted by atomic mass is 10.2. The first-order chi connectivity index (χ1) is 12.2. The number of hydrogen-bond acceptors (Lipinski definition) is 7. The van der Waals surface area contributed by atoms with Gasteiger partial charge < -0.3 is 24.3 Å². The average molecular weight is 349 g/mol. The number of hydrogen-bond donors (Lipinski definition) is 0. The van der Waals surface area contributed by atoms with Gasteiger partial charge in [-0.25, -0.2) is 4.57 Å². The number of aldehydes is 1. The molecule has 134 valence electrons. The molecular formula is C16H19N3O6. The van der Waals surface area contributed by atoms with Crippen molar-refractivity contribution in [3.05, 3.63) is 52.3 Å². The van der Waals surface area contributed by atoms with Crippen molar-refractivity contribution in [2.75, 3.05) is 33.0 Å². The predicted molar refractivity (Wildman–Crippen MR) is 87.8 cm³/mol. The maximum Gasteiger partial charge on any atom is 0.434 e. The highest BCUT2D eigenvalue weighted by molar-refractivity contribution is 5.74. The van der Waals surface area contributed by atoms with E-state index in [9.17, 15) is 14.9 Å². The molecule has 1 heterocycles. The van der Waals surface area contributed by atoms with E-state index in [1.807, 2.05) is 0 Å². The average Bonchev–Trinajstić information content (AvgIpc) is 3.09. The van der Waals surface area contributed by atoms with Gasteiger partial charge in [-0.3, -0.25) is 4.79 Å². The highest BCUT2D eigenvalue weighted by Gasteiger charge is 2.12. The number of carbonyl (C=O) groups excluding carboxylic acids is 1. The van der Waals surface area contributed by atoms with E-state index in [0.717, 1.165) is 6.29 Å². The van der Waals surface area contributed by atoms with Gasteiger partial charge in [0.2, 0.25) is 0 Å². The van der Waals surface area contributed by atoms with Crippen LogP contribution in [0.5, 0.6) is 5.75 Å². The number of nitrogens with zero attached hydrogens (tertiary/aromatic N) is 3. The number of carbonyl (C=O) groups is 1. The summed E-state index contributed by atoms with van der Waals surface area (Å²) in [5.41, 5.74) is 0.599. The van der Waals surface area contributed by atoms with Crippen molar-refractivity contribution in [1.82, 2.24) is 9.55 Å². The zero-order valence-electron chi connectivity index (χ0n) is 13.6. The minimum Gasteiger partial charge on any atom is -0.491 e. The van der Waals surface area contributed by atoms with E-state index in [1.54, 1.807) is 24.3 Å². The van der Waals surface area contributed by atoms with Gasteiger partial charge in [0.1, 0.15) is 31.0 Å². The summed E-state index contributed by atoms with van der Waals surface area (Å²) >= 11 is 0. The molecule has 0 amide bonds. The van der Waals surface area contributed by atoms with Gasteiger partial charge in [0.15, 0.2) is 0 Å². The van der Waals surface area contributed by atoms with Gasteiger partial charge in [-0.05, 0) is 29.2 Å². The molecule has 1 aromatic heterocycles. The van der Waals surface area contributed by atoms with Gasteiger partial charge in [-0.2, -0.15) is 0 Å². The number of ether oxygens (including phenoxy) is 3. The molecule has 0 bridgehead atoms. The predicted octanol–water partition coefficient (Wildman–Crippen LogP) is 1.72. The molecule has 0 aliphatic carbocycles. The summed E-state index contributed by atoms with van der Waals surface area (Å²) in [4.78, 5) is 24.3. The van der Waals surface area contributed by atoms with Crippen molar-refractivity contribution in [1.29, 1.82) is 0 Å². The SMILES string of the molecule is O=Cc1ccc(OCCOCCOCCn2ccnc2[N+](=O)[O-])cc1. The quantitative estimate of drug-likeness (QED) is 0.248. The minimum absolute atomic E-state index is 0.196. The highest BCUT2D eigenvalue weighted by atomic mass is 16.6. The van der Waals surface area contributed by atoms with Crippen molar-refractivity contribution in [2.45, 2.75) is 6.54 Å². The number of rotatable bonds is 12. The van der Waals surface area contributed by atoms with Crippen molar-refractivity contribution in [3.63, 3.8) is 0 Å². The number of aromatic nitrogens is 2.